The summed E-state index contributed by atoms with van der Waals surface area (Å²) in [7, 11) is 0. The number of carbonyl (C=O) groups excluding carboxylic acids is 1. The summed E-state index contributed by atoms with van der Waals surface area (Å²) in [6.45, 7) is 4.49. The van der Waals surface area contributed by atoms with Crippen LogP contribution in [0.1, 0.15) is 36.2 Å². The lowest BCUT2D eigenvalue weighted by atomic mass is 10.1. The van der Waals surface area contributed by atoms with Gasteiger partial charge in [0.1, 0.15) is 17.8 Å². The van der Waals surface area contributed by atoms with Crippen LogP contribution in [0.4, 0.5) is 0 Å². The predicted octanol–water partition coefficient (Wildman–Crippen LogP) is 3.70. The van der Waals surface area contributed by atoms with E-state index in [1.54, 1.807) is 12.1 Å². The van der Waals surface area contributed by atoms with Crippen molar-refractivity contribution in [3.8, 4) is 0 Å². The third-order valence-electron chi connectivity index (χ3n) is 6.00. The van der Waals surface area contributed by atoms with E-state index in [1.165, 1.54) is 0 Å². The van der Waals surface area contributed by atoms with Crippen molar-refractivity contribution in [1.29, 1.82) is 0 Å². The largest absolute Gasteiger partial charge is 0.462 e. The van der Waals surface area contributed by atoms with Gasteiger partial charge >= 0.3 is 5.97 Å². The standard InChI is InChI=1S/C24H26O6/c1-23(2)28-19-20(26-14-16-9-5-3-6-10-16)24(30-22(19)29-23)13-18(24)15-27-21(25)17-11-7-4-8-12-17/h3-12,18-20,22H,13-15H2,1-2H3/t18-,19?,20?,22+,24+/m1/s1. The minimum absolute atomic E-state index is 0.0480. The lowest BCUT2D eigenvalue weighted by Gasteiger charge is -2.27. The van der Waals surface area contributed by atoms with Crippen LogP contribution in [0.15, 0.2) is 60.7 Å². The maximum atomic E-state index is 12.3. The van der Waals surface area contributed by atoms with E-state index in [0.717, 1.165) is 12.0 Å². The van der Waals surface area contributed by atoms with Gasteiger partial charge in [-0.3, -0.25) is 0 Å². The Morgan fingerprint density at radius 3 is 2.43 bits per heavy atom. The van der Waals surface area contributed by atoms with Crippen LogP contribution in [0.3, 0.4) is 0 Å². The van der Waals surface area contributed by atoms with Crippen LogP contribution >= 0.6 is 0 Å². The minimum atomic E-state index is -0.713. The number of carbonyl (C=O) groups is 1. The van der Waals surface area contributed by atoms with E-state index in [2.05, 4.69) is 0 Å². The normalized spacial score (nSPS) is 33.4. The number of hydrogen-bond acceptors (Lipinski definition) is 6. The molecule has 0 aromatic heterocycles. The molecule has 1 spiro atoms. The van der Waals surface area contributed by atoms with Crippen LogP contribution in [-0.4, -0.2) is 42.5 Å². The summed E-state index contributed by atoms with van der Waals surface area (Å²) in [5, 5.41) is 0. The third-order valence-corrected chi connectivity index (χ3v) is 6.00. The van der Waals surface area contributed by atoms with Crippen molar-refractivity contribution in [2.45, 2.75) is 56.8 Å². The summed E-state index contributed by atoms with van der Waals surface area (Å²) in [6.07, 6.45) is -0.326. The number of esters is 1. The minimum Gasteiger partial charge on any atom is -0.462 e. The summed E-state index contributed by atoms with van der Waals surface area (Å²) < 4.78 is 30.2. The summed E-state index contributed by atoms with van der Waals surface area (Å²) >= 11 is 0. The Morgan fingerprint density at radius 2 is 1.70 bits per heavy atom. The molecule has 2 heterocycles. The molecule has 2 aromatic carbocycles. The van der Waals surface area contributed by atoms with E-state index in [0.29, 0.717) is 12.2 Å². The maximum absolute atomic E-state index is 12.3. The zero-order valence-corrected chi connectivity index (χ0v) is 17.2. The topological polar surface area (TPSA) is 63.2 Å². The van der Waals surface area contributed by atoms with Crippen LogP contribution in [0.25, 0.3) is 0 Å². The van der Waals surface area contributed by atoms with Crippen LogP contribution in [0.2, 0.25) is 0 Å². The zero-order chi connectivity index (χ0) is 20.8. The summed E-state index contributed by atoms with van der Waals surface area (Å²) in [5.41, 5.74) is 1.08. The smallest absolute Gasteiger partial charge is 0.338 e. The van der Waals surface area contributed by atoms with E-state index in [4.69, 9.17) is 23.7 Å². The number of ether oxygens (including phenoxy) is 5. The van der Waals surface area contributed by atoms with Crippen molar-refractivity contribution in [2.75, 3.05) is 6.61 Å². The van der Waals surface area contributed by atoms with E-state index >= 15 is 0 Å². The lowest BCUT2D eigenvalue weighted by Crippen LogP contribution is -2.39. The van der Waals surface area contributed by atoms with Gasteiger partial charge in [0.15, 0.2) is 12.1 Å². The molecule has 6 nitrogen and oxygen atoms in total. The molecular weight excluding hydrogens is 384 g/mol. The fourth-order valence-electron chi connectivity index (χ4n) is 4.46. The second-order valence-corrected chi connectivity index (χ2v) is 8.62. The highest BCUT2D eigenvalue weighted by Gasteiger charge is 2.73. The van der Waals surface area contributed by atoms with Gasteiger partial charge in [0.2, 0.25) is 0 Å². The van der Waals surface area contributed by atoms with Crippen molar-refractivity contribution < 1.29 is 28.5 Å². The third kappa shape index (κ3) is 3.65. The first-order valence-electron chi connectivity index (χ1n) is 10.4. The number of benzene rings is 2. The molecule has 1 aliphatic carbocycles. The summed E-state index contributed by atoms with van der Waals surface area (Å²) in [4.78, 5) is 12.3. The SMILES string of the molecule is CC1(C)OC2C(OCc3ccccc3)[C@@]3(C[C@@H]3COC(=O)c3ccccc3)O[C@@H]2O1. The Kier molecular flexibility index (Phi) is 4.90. The Labute approximate surface area is 176 Å². The average molecular weight is 410 g/mol. The molecule has 0 radical (unpaired) electrons. The zero-order valence-electron chi connectivity index (χ0n) is 17.2. The number of hydrogen-bond donors (Lipinski definition) is 0. The van der Waals surface area contributed by atoms with Gasteiger partial charge < -0.3 is 23.7 Å². The molecule has 5 atom stereocenters. The molecule has 2 unspecified atom stereocenters. The van der Waals surface area contributed by atoms with Crippen LogP contribution < -0.4 is 0 Å². The van der Waals surface area contributed by atoms with Gasteiger partial charge in [0.25, 0.3) is 0 Å². The second-order valence-electron chi connectivity index (χ2n) is 8.62. The molecule has 0 amide bonds. The van der Waals surface area contributed by atoms with Gasteiger partial charge in [0, 0.05) is 5.92 Å². The molecule has 2 aliphatic heterocycles. The number of rotatable bonds is 6. The van der Waals surface area contributed by atoms with Gasteiger partial charge in [-0.05, 0) is 38.0 Å². The highest BCUT2D eigenvalue weighted by Crippen LogP contribution is 2.59. The fourth-order valence-corrected chi connectivity index (χ4v) is 4.46. The molecule has 3 aliphatic rings. The van der Waals surface area contributed by atoms with E-state index in [9.17, 15) is 4.79 Å². The highest BCUT2D eigenvalue weighted by atomic mass is 16.8. The van der Waals surface area contributed by atoms with Crippen molar-refractivity contribution in [3.05, 3.63) is 71.8 Å². The van der Waals surface area contributed by atoms with Gasteiger partial charge in [-0.15, -0.1) is 0 Å². The quantitative estimate of drug-likeness (QED) is 0.677. The molecule has 158 valence electrons. The first-order valence-corrected chi connectivity index (χ1v) is 10.4. The van der Waals surface area contributed by atoms with Crippen molar-refractivity contribution >= 4 is 5.97 Å². The molecule has 0 N–H and O–H groups in total. The highest BCUT2D eigenvalue weighted by molar-refractivity contribution is 5.89. The predicted molar refractivity (Wildman–Crippen MR) is 107 cm³/mol. The Morgan fingerprint density at radius 1 is 1.00 bits per heavy atom. The van der Waals surface area contributed by atoms with Crippen LogP contribution in [0.5, 0.6) is 0 Å². The molecule has 5 rings (SSSR count). The van der Waals surface area contributed by atoms with Crippen LogP contribution in [0, 0.1) is 5.92 Å². The Hall–Kier alpha value is -2.25. The van der Waals surface area contributed by atoms with Crippen molar-refractivity contribution in [3.63, 3.8) is 0 Å². The molecular formula is C24H26O6. The average Bonchev–Trinajstić information content (AvgIpc) is 3.25. The van der Waals surface area contributed by atoms with E-state index < -0.39 is 17.7 Å². The van der Waals surface area contributed by atoms with Crippen LogP contribution in [-0.2, 0) is 30.3 Å². The summed E-state index contributed by atoms with van der Waals surface area (Å²) in [5.74, 6) is -0.992. The van der Waals surface area contributed by atoms with Gasteiger partial charge in [-0.25, -0.2) is 4.79 Å². The molecule has 2 aromatic rings. The maximum Gasteiger partial charge on any atom is 0.338 e. The van der Waals surface area contributed by atoms with E-state index in [1.807, 2.05) is 62.4 Å². The summed E-state index contributed by atoms with van der Waals surface area (Å²) in [6, 6.07) is 19.0. The molecule has 30 heavy (non-hydrogen) atoms. The fraction of sp³-hybridized carbons (Fsp3) is 0.458. The van der Waals surface area contributed by atoms with Gasteiger partial charge in [-0.2, -0.15) is 0 Å². The molecule has 6 heteroatoms. The van der Waals surface area contributed by atoms with Gasteiger partial charge in [0.05, 0.1) is 18.8 Å². The van der Waals surface area contributed by atoms with E-state index in [-0.39, 0.29) is 30.7 Å². The molecule has 3 fully saturated rings. The molecule has 1 saturated carbocycles. The Balaban J connectivity index is 1.27. The van der Waals surface area contributed by atoms with Crippen molar-refractivity contribution in [2.24, 2.45) is 5.92 Å². The number of fused-ring (bicyclic) bond motifs is 1. The lowest BCUT2D eigenvalue weighted by molar-refractivity contribution is -0.227. The molecule has 2 saturated heterocycles. The van der Waals surface area contributed by atoms with Crippen molar-refractivity contribution in [1.82, 2.24) is 0 Å². The monoisotopic (exact) mass is 410 g/mol. The molecule has 0 bridgehead atoms. The Bertz CT molecular complexity index is 898. The first-order chi connectivity index (χ1) is 14.5. The second kappa shape index (κ2) is 7.46. The van der Waals surface area contributed by atoms with Gasteiger partial charge in [-0.1, -0.05) is 48.5 Å². The first kappa shape index (κ1) is 19.7.